The molecular formula is C30H32ClFN4O8S. The van der Waals surface area contributed by atoms with Gasteiger partial charge < -0.3 is 14.5 Å². The van der Waals surface area contributed by atoms with Crippen molar-refractivity contribution in [3.05, 3.63) is 85.4 Å². The number of ether oxygens (including phenoxy) is 1. The molecule has 0 spiro atoms. The van der Waals surface area contributed by atoms with E-state index in [1.807, 2.05) is 23.1 Å². The number of rotatable bonds is 8. The largest absolute Gasteiger partial charge is 0.497 e. The van der Waals surface area contributed by atoms with Gasteiger partial charge in [0, 0.05) is 44.0 Å². The molecule has 0 atom stereocenters. The van der Waals surface area contributed by atoms with Crippen molar-refractivity contribution in [3.8, 4) is 16.9 Å². The minimum atomic E-state index is -4.54. The number of likely N-dealkylation sites (tertiary alicyclic amines) is 1. The fraction of sp³-hybridized carbons (Fsp3) is 0.400. The van der Waals surface area contributed by atoms with Gasteiger partial charge in [0.2, 0.25) is 11.8 Å². The van der Waals surface area contributed by atoms with Crippen LogP contribution in [0.15, 0.2) is 52.2 Å². The lowest BCUT2D eigenvalue weighted by atomic mass is 10.0. The SMILES string of the molecule is COc1ccc2c(c1)CCN(C1CCN(C(=O)Cn3cc(-c4cccc(F)c4Cl)c(=O)n(CCS(=O)(=O)O)c3=O)CC1)C(=O)C2. The second-order valence-corrected chi connectivity index (χ2v) is 13.0. The summed E-state index contributed by atoms with van der Waals surface area (Å²) < 4.78 is 53.1. The lowest BCUT2D eigenvalue weighted by Crippen LogP contribution is -2.50. The van der Waals surface area contributed by atoms with E-state index in [0.717, 1.165) is 33.7 Å². The van der Waals surface area contributed by atoms with Gasteiger partial charge in [-0.15, -0.1) is 0 Å². The summed E-state index contributed by atoms with van der Waals surface area (Å²) in [5, 5.41) is -0.389. The van der Waals surface area contributed by atoms with E-state index in [1.165, 1.54) is 12.1 Å². The van der Waals surface area contributed by atoms with Crippen molar-refractivity contribution in [1.82, 2.24) is 18.9 Å². The number of hydrogen-bond donors (Lipinski definition) is 1. The molecule has 45 heavy (non-hydrogen) atoms. The van der Waals surface area contributed by atoms with Gasteiger partial charge in [-0.2, -0.15) is 8.42 Å². The number of fused-ring (bicyclic) bond motifs is 1. The summed E-state index contributed by atoms with van der Waals surface area (Å²) in [4.78, 5) is 56.4. The number of piperidine rings is 1. The number of carbonyl (C=O) groups is 2. The molecule has 1 aromatic heterocycles. The Hall–Kier alpha value is -4.01. The Bertz CT molecular complexity index is 1870. The number of methoxy groups -OCH3 is 1. The summed E-state index contributed by atoms with van der Waals surface area (Å²) in [7, 11) is -2.95. The highest BCUT2D eigenvalue weighted by Gasteiger charge is 2.32. The summed E-state index contributed by atoms with van der Waals surface area (Å²) in [5.74, 6) is -1.43. The average Bonchev–Trinajstić information content (AvgIpc) is 3.17. The highest BCUT2D eigenvalue weighted by molar-refractivity contribution is 7.85. The molecule has 12 nitrogen and oxygen atoms in total. The van der Waals surface area contributed by atoms with E-state index in [0.29, 0.717) is 43.5 Å². The van der Waals surface area contributed by atoms with Crippen LogP contribution in [0, 0.1) is 5.82 Å². The third kappa shape index (κ3) is 7.13. The van der Waals surface area contributed by atoms with Crippen LogP contribution in [-0.4, -0.2) is 82.3 Å². The highest BCUT2D eigenvalue weighted by atomic mass is 35.5. The molecule has 3 aromatic rings. The van der Waals surface area contributed by atoms with E-state index >= 15 is 0 Å². The van der Waals surface area contributed by atoms with Crippen LogP contribution in [0.1, 0.15) is 24.0 Å². The van der Waals surface area contributed by atoms with Crippen LogP contribution in [0.3, 0.4) is 0 Å². The van der Waals surface area contributed by atoms with Crippen molar-refractivity contribution < 1.29 is 31.7 Å². The van der Waals surface area contributed by atoms with E-state index in [9.17, 15) is 36.5 Å². The molecule has 2 aliphatic rings. The van der Waals surface area contributed by atoms with Crippen molar-refractivity contribution in [1.29, 1.82) is 0 Å². The average molecular weight is 663 g/mol. The molecule has 2 amide bonds. The van der Waals surface area contributed by atoms with Gasteiger partial charge in [-0.05, 0) is 48.6 Å². The highest BCUT2D eigenvalue weighted by Crippen LogP contribution is 2.28. The van der Waals surface area contributed by atoms with Crippen LogP contribution in [0.5, 0.6) is 5.75 Å². The minimum Gasteiger partial charge on any atom is -0.497 e. The van der Waals surface area contributed by atoms with Gasteiger partial charge >= 0.3 is 5.69 Å². The van der Waals surface area contributed by atoms with E-state index < -0.39 is 51.9 Å². The number of amides is 2. The van der Waals surface area contributed by atoms with Gasteiger partial charge in [0.05, 0.1) is 29.9 Å². The van der Waals surface area contributed by atoms with Crippen molar-refractivity contribution in [2.24, 2.45) is 0 Å². The monoisotopic (exact) mass is 662 g/mol. The van der Waals surface area contributed by atoms with Crippen LogP contribution in [0.4, 0.5) is 4.39 Å². The first-order valence-corrected chi connectivity index (χ1v) is 16.3. The lowest BCUT2D eigenvalue weighted by Gasteiger charge is -2.38. The number of nitrogens with zero attached hydrogens (tertiary/aromatic N) is 4. The maximum absolute atomic E-state index is 14.2. The van der Waals surface area contributed by atoms with Gasteiger partial charge in [-0.1, -0.05) is 29.8 Å². The summed E-state index contributed by atoms with van der Waals surface area (Å²) >= 11 is 6.10. The molecule has 15 heteroatoms. The molecule has 2 aromatic carbocycles. The zero-order valence-corrected chi connectivity index (χ0v) is 26.0. The normalized spacial score (nSPS) is 16.0. The van der Waals surface area contributed by atoms with Gasteiger partial charge in [-0.25, -0.2) is 9.18 Å². The molecule has 3 heterocycles. The quantitative estimate of drug-likeness (QED) is 0.360. The van der Waals surface area contributed by atoms with Gasteiger partial charge in [0.15, 0.2) is 0 Å². The molecule has 0 saturated carbocycles. The Morgan fingerprint density at radius 1 is 1.07 bits per heavy atom. The molecule has 1 saturated heterocycles. The first-order chi connectivity index (χ1) is 21.4. The molecule has 0 radical (unpaired) electrons. The summed E-state index contributed by atoms with van der Waals surface area (Å²) in [6, 6.07) is 9.40. The predicted molar refractivity (Wildman–Crippen MR) is 163 cm³/mol. The Morgan fingerprint density at radius 3 is 2.49 bits per heavy atom. The molecule has 2 aliphatic heterocycles. The van der Waals surface area contributed by atoms with E-state index in [2.05, 4.69) is 0 Å². The number of benzene rings is 2. The number of halogens is 2. The second kappa shape index (κ2) is 13.2. The Morgan fingerprint density at radius 2 is 1.80 bits per heavy atom. The number of hydrogen-bond acceptors (Lipinski definition) is 7. The zero-order valence-electron chi connectivity index (χ0n) is 24.4. The molecule has 0 bridgehead atoms. The van der Waals surface area contributed by atoms with Crippen LogP contribution < -0.4 is 16.0 Å². The minimum absolute atomic E-state index is 0.0194. The summed E-state index contributed by atoms with van der Waals surface area (Å²) in [5.41, 5.74) is -0.164. The molecule has 1 N–H and O–H groups in total. The maximum Gasteiger partial charge on any atom is 0.331 e. The van der Waals surface area contributed by atoms with Gasteiger partial charge in [0.25, 0.3) is 15.7 Å². The third-order valence-corrected chi connectivity index (χ3v) is 9.40. The molecular weight excluding hydrogens is 631 g/mol. The summed E-state index contributed by atoms with van der Waals surface area (Å²) in [6.07, 6.45) is 3.13. The fourth-order valence-corrected chi connectivity index (χ4v) is 6.53. The van der Waals surface area contributed by atoms with Crippen LogP contribution >= 0.6 is 11.6 Å². The molecule has 1 fully saturated rings. The Kier molecular flexibility index (Phi) is 9.46. The predicted octanol–water partition coefficient (Wildman–Crippen LogP) is 1.98. The molecule has 0 aliphatic carbocycles. The smallest absolute Gasteiger partial charge is 0.331 e. The number of carbonyl (C=O) groups excluding carboxylic acids is 2. The Balaban J connectivity index is 1.33. The van der Waals surface area contributed by atoms with Crippen molar-refractivity contribution >= 4 is 33.5 Å². The molecule has 240 valence electrons. The second-order valence-electron chi connectivity index (χ2n) is 11.1. The van der Waals surface area contributed by atoms with Crippen LogP contribution in [-0.2, 0) is 45.6 Å². The van der Waals surface area contributed by atoms with E-state index in [-0.39, 0.29) is 34.5 Å². The van der Waals surface area contributed by atoms with E-state index in [4.69, 9.17) is 16.3 Å². The molecule has 0 unspecified atom stereocenters. The van der Waals surface area contributed by atoms with Crippen molar-refractivity contribution in [2.45, 2.75) is 44.8 Å². The number of aromatic nitrogens is 2. The lowest BCUT2D eigenvalue weighted by molar-refractivity contribution is -0.136. The van der Waals surface area contributed by atoms with Crippen molar-refractivity contribution in [3.63, 3.8) is 0 Å². The van der Waals surface area contributed by atoms with Crippen LogP contribution in [0.25, 0.3) is 11.1 Å². The maximum atomic E-state index is 14.2. The zero-order chi connectivity index (χ0) is 32.5. The first kappa shape index (κ1) is 32.4. The van der Waals surface area contributed by atoms with E-state index in [1.54, 1.807) is 12.0 Å². The fourth-order valence-electron chi connectivity index (χ4n) is 5.89. The standard InChI is InChI=1S/C30H32ClFN4O8S/c1-44-22-6-5-19-16-26(37)35(12-7-20(19)15-22)21-8-10-33(11-9-21)27(38)18-34-17-24(23-3-2-4-25(32)28(23)31)29(39)36(30(34)40)13-14-45(41,42)43/h2-6,15,17,21H,7-14,16,18H2,1H3,(H,41,42,43). The molecule has 5 rings (SSSR count). The summed E-state index contributed by atoms with van der Waals surface area (Å²) in [6.45, 7) is 0.0117. The van der Waals surface area contributed by atoms with Gasteiger partial charge in [-0.3, -0.25) is 28.1 Å². The van der Waals surface area contributed by atoms with Gasteiger partial charge in [0.1, 0.15) is 18.1 Å². The first-order valence-electron chi connectivity index (χ1n) is 14.3. The topological polar surface area (TPSA) is 148 Å². The van der Waals surface area contributed by atoms with Crippen molar-refractivity contribution in [2.75, 3.05) is 32.5 Å². The van der Waals surface area contributed by atoms with Crippen LogP contribution in [0.2, 0.25) is 5.02 Å². The Labute approximate surface area is 263 Å². The third-order valence-electron chi connectivity index (χ3n) is 8.31.